The molecule has 2 rings (SSSR count). The Morgan fingerprint density at radius 2 is 1.03 bits per heavy atom. The zero-order chi connectivity index (χ0) is 49.6. The van der Waals surface area contributed by atoms with Crippen LogP contribution in [0.25, 0.3) is 0 Å². The van der Waals surface area contributed by atoms with Crippen LogP contribution in [0.3, 0.4) is 0 Å². The van der Waals surface area contributed by atoms with Crippen molar-refractivity contribution in [1.29, 1.82) is 0 Å². The van der Waals surface area contributed by atoms with Crippen LogP contribution >= 0.6 is 0 Å². The number of ether oxygens (including phenoxy) is 4. The predicted molar refractivity (Wildman–Crippen MR) is 267 cm³/mol. The fourth-order valence-corrected chi connectivity index (χ4v) is 8.12. The molecule has 68 heavy (non-hydrogen) atoms. The van der Waals surface area contributed by atoms with Gasteiger partial charge in [0, 0.05) is 6.42 Å². The van der Waals surface area contributed by atoms with Crippen molar-refractivity contribution in [2.24, 2.45) is 0 Å². The van der Waals surface area contributed by atoms with Crippen LogP contribution in [0.4, 0.5) is 0 Å². The van der Waals surface area contributed by atoms with Crippen LogP contribution in [0, 0.1) is 0 Å². The lowest BCUT2D eigenvalue weighted by atomic mass is 9.97. The topological polar surface area (TPSA) is 228 Å². The Hall–Kier alpha value is -2.57. The van der Waals surface area contributed by atoms with Gasteiger partial charge in [-0.3, -0.25) is 4.79 Å². The first kappa shape index (κ1) is 61.5. The zero-order valence-electron chi connectivity index (χ0n) is 41.6. The minimum Gasteiger partial charge on any atom is -0.394 e. The quantitative estimate of drug-likeness (QED) is 0.0220. The number of aliphatic hydroxyl groups excluding tert-OH is 8. The van der Waals surface area contributed by atoms with E-state index in [4.69, 9.17) is 18.9 Å². The molecule has 0 aliphatic carbocycles. The van der Waals surface area contributed by atoms with E-state index in [2.05, 4.69) is 79.9 Å². The number of carbonyl (C=O) groups is 1. The standard InChI is InChI=1S/C54H93NO13/c1-3-5-7-9-11-13-15-17-19-20-21-22-24-26-28-30-32-34-36-38-46(59)55-42(43(58)37-35-33-31-29-27-25-23-18-16-14-12-10-8-6-4-2)41-65-53-51(64)49(62)52(45(40-57)67-53)68-54-50(63)48(61)47(60)44(39-56)66-54/h5,7,11,13,17,19,21-22,27,29,35,37,42-45,47-54,56-58,60-64H,3-4,6,8-10,12,14-16,18,20,23-26,28,30-34,36,38-41H2,1-2H3,(H,55,59)/b7-5-,13-11-,19-17-,22-21-,29-27+,37-35+. The van der Waals surface area contributed by atoms with Gasteiger partial charge in [-0.15, -0.1) is 0 Å². The number of hydrogen-bond donors (Lipinski definition) is 9. The molecule has 0 bridgehead atoms. The average Bonchev–Trinajstić information content (AvgIpc) is 3.34. The largest absolute Gasteiger partial charge is 0.394 e. The van der Waals surface area contributed by atoms with Gasteiger partial charge >= 0.3 is 0 Å². The minimum atomic E-state index is -1.79. The summed E-state index contributed by atoms with van der Waals surface area (Å²) < 4.78 is 22.7. The molecule has 0 aromatic carbocycles. The first-order valence-electron chi connectivity index (χ1n) is 26.2. The molecule has 9 N–H and O–H groups in total. The van der Waals surface area contributed by atoms with E-state index in [0.29, 0.717) is 12.8 Å². The van der Waals surface area contributed by atoms with E-state index in [1.165, 1.54) is 57.8 Å². The van der Waals surface area contributed by atoms with Gasteiger partial charge in [-0.25, -0.2) is 0 Å². The second-order valence-corrected chi connectivity index (χ2v) is 18.3. The summed E-state index contributed by atoms with van der Waals surface area (Å²) >= 11 is 0. The first-order chi connectivity index (χ1) is 33.1. The smallest absolute Gasteiger partial charge is 0.220 e. The molecule has 0 aromatic rings. The van der Waals surface area contributed by atoms with Gasteiger partial charge in [0.25, 0.3) is 0 Å². The Morgan fingerprint density at radius 1 is 0.544 bits per heavy atom. The van der Waals surface area contributed by atoms with Crippen LogP contribution in [0.5, 0.6) is 0 Å². The number of hydrogen-bond acceptors (Lipinski definition) is 13. The third-order valence-corrected chi connectivity index (χ3v) is 12.4. The lowest BCUT2D eigenvalue weighted by Gasteiger charge is -2.46. The van der Waals surface area contributed by atoms with Crippen molar-refractivity contribution >= 4 is 5.91 Å². The van der Waals surface area contributed by atoms with Gasteiger partial charge < -0.3 is 65.1 Å². The zero-order valence-corrected chi connectivity index (χ0v) is 41.6. The van der Waals surface area contributed by atoms with Crippen LogP contribution in [0.15, 0.2) is 72.9 Å². The van der Waals surface area contributed by atoms with Crippen LogP contribution < -0.4 is 5.32 Å². The molecule has 2 fully saturated rings. The van der Waals surface area contributed by atoms with E-state index in [1.54, 1.807) is 6.08 Å². The highest BCUT2D eigenvalue weighted by Crippen LogP contribution is 2.30. The Morgan fingerprint density at radius 3 is 1.62 bits per heavy atom. The summed E-state index contributed by atoms with van der Waals surface area (Å²) in [4.78, 5) is 13.2. The van der Waals surface area contributed by atoms with Gasteiger partial charge in [0.05, 0.1) is 32.0 Å². The van der Waals surface area contributed by atoms with Gasteiger partial charge in [-0.2, -0.15) is 0 Å². The number of allylic oxidation sites excluding steroid dienone is 11. The van der Waals surface area contributed by atoms with Crippen molar-refractivity contribution in [2.45, 2.75) is 242 Å². The molecular formula is C54H93NO13. The lowest BCUT2D eigenvalue weighted by Crippen LogP contribution is -2.65. The Bertz CT molecular complexity index is 1420. The summed E-state index contributed by atoms with van der Waals surface area (Å²) in [6, 6.07) is -0.942. The summed E-state index contributed by atoms with van der Waals surface area (Å²) in [6.07, 6.45) is 33.6. The van der Waals surface area contributed by atoms with E-state index in [-0.39, 0.29) is 18.9 Å². The first-order valence-corrected chi connectivity index (χ1v) is 26.2. The van der Waals surface area contributed by atoms with E-state index in [1.807, 2.05) is 6.08 Å². The van der Waals surface area contributed by atoms with Gasteiger partial charge in [0.15, 0.2) is 12.6 Å². The normalized spacial score (nSPS) is 27.0. The molecule has 12 atom stereocenters. The molecule has 14 nitrogen and oxygen atoms in total. The van der Waals surface area contributed by atoms with Crippen LogP contribution in [0.2, 0.25) is 0 Å². The average molecular weight is 964 g/mol. The van der Waals surface area contributed by atoms with Gasteiger partial charge in [0.2, 0.25) is 5.91 Å². The summed E-state index contributed by atoms with van der Waals surface area (Å²) in [6.45, 7) is 2.62. The van der Waals surface area contributed by atoms with Gasteiger partial charge in [0.1, 0.15) is 48.8 Å². The molecule has 14 heteroatoms. The number of aliphatic hydroxyl groups is 8. The van der Waals surface area contributed by atoms with E-state index in [0.717, 1.165) is 77.0 Å². The van der Waals surface area contributed by atoms with Crippen LogP contribution in [0.1, 0.15) is 168 Å². The second-order valence-electron chi connectivity index (χ2n) is 18.3. The maximum atomic E-state index is 13.2. The minimum absolute atomic E-state index is 0.253. The number of rotatable bonds is 39. The molecule has 2 aliphatic rings. The van der Waals surface area contributed by atoms with Crippen molar-refractivity contribution in [3.05, 3.63) is 72.9 Å². The monoisotopic (exact) mass is 964 g/mol. The molecule has 2 saturated heterocycles. The molecule has 2 heterocycles. The molecule has 1 amide bonds. The van der Waals surface area contributed by atoms with E-state index >= 15 is 0 Å². The van der Waals surface area contributed by atoms with Crippen LogP contribution in [-0.4, -0.2) is 140 Å². The Balaban J connectivity index is 1.86. The van der Waals surface area contributed by atoms with Crippen molar-refractivity contribution < 1.29 is 64.6 Å². The van der Waals surface area contributed by atoms with Crippen molar-refractivity contribution in [3.63, 3.8) is 0 Å². The summed E-state index contributed by atoms with van der Waals surface area (Å²) in [7, 11) is 0. The highest BCUT2D eigenvalue weighted by Gasteiger charge is 2.51. The molecule has 0 spiro atoms. The Labute approximate surface area is 408 Å². The number of amides is 1. The van der Waals surface area contributed by atoms with E-state index in [9.17, 15) is 45.6 Å². The van der Waals surface area contributed by atoms with Crippen molar-refractivity contribution in [2.75, 3.05) is 19.8 Å². The highest BCUT2D eigenvalue weighted by molar-refractivity contribution is 5.76. The fourth-order valence-electron chi connectivity index (χ4n) is 8.12. The number of carbonyl (C=O) groups excluding carboxylic acids is 1. The fraction of sp³-hybridized carbons (Fsp3) is 0.759. The highest BCUT2D eigenvalue weighted by atomic mass is 16.7. The van der Waals surface area contributed by atoms with Crippen molar-refractivity contribution in [1.82, 2.24) is 5.32 Å². The maximum absolute atomic E-state index is 13.2. The third-order valence-electron chi connectivity index (χ3n) is 12.4. The molecule has 0 radical (unpaired) electrons. The van der Waals surface area contributed by atoms with E-state index < -0.39 is 86.8 Å². The SMILES string of the molecule is CC/C=C\C/C=C\C/C=C\C/C=C\CCCCCCCCC(=O)NC(COC1OC(CO)C(OC2OC(CO)C(O)C(O)C2O)C(O)C1O)C(O)/C=C/CC/C=C/CCCCCCCCCCC. The molecule has 12 unspecified atom stereocenters. The number of unbranched alkanes of at least 4 members (excludes halogenated alkanes) is 16. The summed E-state index contributed by atoms with van der Waals surface area (Å²) in [5.74, 6) is -0.267. The maximum Gasteiger partial charge on any atom is 0.220 e. The summed E-state index contributed by atoms with van der Waals surface area (Å²) in [5, 5.41) is 86.8. The predicted octanol–water partition coefficient (Wildman–Crippen LogP) is 7.21. The van der Waals surface area contributed by atoms with Gasteiger partial charge in [-0.05, 0) is 70.6 Å². The molecule has 392 valence electrons. The third kappa shape index (κ3) is 26.6. The molecule has 2 aliphatic heterocycles. The molecule has 0 aromatic heterocycles. The number of nitrogens with one attached hydrogen (secondary N) is 1. The Kier molecular flexibility index (Phi) is 36.3. The van der Waals surface area contributed by atoms with Crippen LogP contribution in [-0.2, 0) is 23.7 Å². The van der Waals surface area contributed by atoms with Gasteiger partial charge in [-0.1, -0.05) is 164 Å². The molecule has 0 saturated carbocycles. The summed E-state index contributed by atoms with van der Waals surface area (Å²) in [5.41, 5.74) is 0. The second kappa shape index (κ2) is 40.1. The molecular weight excluding hydrogens is 871 g/mol. The van der Waals surface area contributed by atoms with Crippen molar-refractivity contribution in [3.8, 4) is 0 Å². The lowest BCUT2D eigenvalue weighted by molar-refractivity contribution is -0.359.